The number of hydrogen-bond acceptors (Lipinski definition) is 6. The fourth-order valence-electron chi connectivity index (χ4n) is 3.20. The molecule has 5 rings (SSSR count). The Hall–Kier alpha value is -3.71. The van der Waals surface area contributed by atoms with E-state index in [4.69, 9.17) is 4.42 Å². The highest BCUT2D eigenvalue weighted by atomic mass is 32.1. The molecule has 29 heavy (non-hydrogen) atoms. The lowest BCUT2D eigenvalue weighted by atomic mass is 10.1. The molecule has 7 heteroatoms. The molecule has 0 bridgehead atoms. The molecule has 0 aliphatic carbocycles. The number of thiophene rings is 1. The highest BCUT2D eigenvalue weighted by molar-refractivity contribution is 7.12. The van der Waals surface area contributed by atoms with Crippen LogP contribution in [0, 0.1) is 0 Å². The highest BCUT2D eigenvalue weighted by Crippen LogP contribution is 2.25. The second kappa shape index (κ2) is 7.37. The van der Waals surface area contributed by atoms with Gasteiger partial charge in [0.15, 0.2) is 5.65 Å². The van der Waals surface area contributed by atoms with Crippen molar-refractivity contribution in [1.82, 2.24) is 14.6 Å². The lowest BCUT2D eigenvalue weighted by Gasteiger charge is -2.09. The van der Waals surface area contributed by atoms with Gasteiger partial charge in [-0.15, -0.1) is 11.3 Å². The Balaban J connectivity index is 1.49. The molecule has 0 unspecified atom stereocenters. The average Bonchev–Trinajstić information content (AvgIpc) is 3.53. The van der Waals surface area contributed by atoms with Crippen LogP contribution >= 0.6 is 11.3 Å². The monoisotopic (exact) mass is 400 g/mol. The second-order valence-corrected chi connectivity index (χ2v) is 7.39. The van der Waals surface area contributed by atoms with Gasteiger partial charge in [0, 0.05) is 17.4 Å². The fourth-order valence-corrected chi connectivity index (χ4v) is 3.88. The van der Waals surface area contributed by atoms with Crippen molar-refractivity contribution in [3.05, 3.63) is 94.8 Å². The molecule has 0 fully saturated rings. The molecule has 0 atom stereocenters. The number of furan rings is 1. The van der Waals surface area contributed by atoms with Crippen LogP contribution in [-0.4, -0.2) is 20.4 Å². The summed E-state index contributed by atoms with van der Waals surface area (Å²) in [5, 5.41) is 9.69. The number of hydrogen-bond donors (Lipinski definition) is 1. The third-order valence-electron chi connectivity index (χ3n) is 4.60. The van der Waals surface area contributed by atoms with Crippen LogP contribution in [0.4, 0.5) is 5.69 Å². The maximum atomic E-state index is 12.8. The highest BCUT2D eigenvalue weighted by Gasteiger charge is 2.18. The first kappa shape index (κ1) is 17.4. The van der Waals surface area contributed by atoms with E-state index in [1.807, 2.05) is 60.0 Å². The van der Waals surface area contributed by atoms with Crippen LogP contribution < -0.4 is 5.32 Å². The van der Waals surface area contributed by atoms with Crippen molar-refractivity contribution < 1.29 is 9.21 Å². The Kier molecular flexibility index (Phi) is 4.42. The molecule has 0 amide bonds. The third-order valence-corrected chi connectivity index (χ3v) is 5.46. The number of anilines is 1. The molecule has 4 heterocycles. The van der Waals surface area contributed by atoms with Crippen molar-refractivity contribution in [2.24, 2.45) is 0 Å². The smallest absolute Gasteiger partial charge is 0.208 e. The van der Waals surface area contributed by atoms with E-state index in [1.54, 1.807) is 23.2 Å². The number of carbonyl (C=O) groups is 1. The van der Waals surface area contributed by atoms with E-state index in [2.05, 4.69) is 15.4 Å². The summed E-state index contributed by atoms with van der Waals surface area (Å²) in [6.07, 6.45) is 4.96. The summed E-state index contributed by atoms with van der Waals surface area (Å²) in [7, 11) is 0. The number of benzene rings is 1. The largest absolute Gasteiger partial charge is 0.467 e. The number of nitrogens with one attached hydrogen (secondary N) is 1. The Morgan fingerprint density at radius 2 is 2.10 bits per heavy atom. The number of carbonyl (C=O) groups excluding carboxylic acids is 1. The van der Waals surface area contributed by atoms with Crippen LogP contribution in [0.15, 0.2) is 83.1 Å². The summed E-state index contributed by atoms with van der Waals surface area (Å²) >= 11 is 1.41. The van der Waals surface area contributed by atoms with Crippen molar-refractivity contribution in [2.75, 3.05) is 5.32 Å². The first-order valence-electron chi connectivity index (χ1n) is 9.07. The van der Waals surface area contributed by atoms with Crippen molar-refractivity contribution in [2.45, 2.75) is 6.54 Å². The molecule has 0 saturated carbocycles. The zero-order valence-corrected chi connectivity index (χ0v) is 16.1. The molecular formula is C22H16N4O2S. The molecule has 0 aliphatic heterocycles. The molecule has 4 aromatic heterocycles. The number of ketones is 1. The normalized spacial score (nSPS) is 11.0. The Bertz CT molecular complexity index is 1270. The van der Waals surface area contributed by atoms with E-state index in [-0.39, 0.29) is 5.78 Å². The standard InChI is InChI=1S/C22H16N4O2S/c27-21(20-7-3-11-29-20)18-14-25-26-19(8-9-23-22(18)26)15-4-1-5-16(12-15)24-13-17-6-2-10-28-17/h1-12,14,24H,13H2. The number of rotatable bonds is 6. The van der Waals surface area contributed by atoms with Gasteiger partial charge in [-0.05, 0) is 41.8 Å². The molecule has 1 N–H and O–H groups in total. The quantitative estimate of drug-likeness (QED) is 0.411. The Morgan fingerprint density at radius 1 is 1.14 bits per heavy atom. The van der Waals surface area contributed by atoms with Crippen molar-refractivity contribution in [1.29, 1.82) is 0 Å². The molecule has 5 aromatic rings. The van der Waals surface area contributed by atoms with Crippen LogP contribution in [0.3, 0.4) is 0 Å². The number of aromatic nitrogens is 3. The van der Waals surface area contributed by atoms with Gasteiger partial charge >= 0.3 is 0 Å². The van der Waals surface area contributed by atoms with E-state index >= 15 is 0 Å². The summed E-state index contributed by atoms with van der Waals surface area (Å²) in [6, 6.07) is 17.4. The summed E-state index contributed by atoms with van der Waals surface area (Å²) in [5.41, 5.74) is 3.85. The van der Waals surface area contributed by atoms with Crippen LogP contribution in [0.25, 0.3) is 16.9 Å². The van der Waals surface area contributed by atoms with Crippen LogP contribution in [0.2, 0.25) is 0 Å². The maximum absolute atomic E-state index is 12.8. The van der Waals surface area contributed by atoms with Crippen molar-refractivity contribution >= 4 is 28.5 Å². The molecule has 6 nitrogen and oxygen atoms in total. The minimum Gasteiger partial charge on any atom is -0.467 e. The summed E-state index contributed by atoms with van der Waals surface area (Å²) in [6.45, 7) is 0.601. The maximum Gasteiger partial charge on any atom is 0.208 e. The average molecular weight is 400 g/mol. The van der Waals surface area contributed by atoms with Gasteiger partial charge in [-0.3, -0.25) is 4.79 Å². The molecular weight excluding hydrogens is 384 g/mol. The van der Waals surface area contributed by atoms with Crippen molar-refractivity contribution in [3.63, 3.8) is 0 Å². The molecule has 0 saturated heterocycles. The van der Waals surface area contributed by atoms with Gasteiger partial charge in [0.1, 0.15) is 5.76 Å². The zero-order valence-electron chi connectivity index (χ0n) is 15.3. The summed E-state index contributed by atoms with van der Waals surface area (Å²) < 4.78 is 7.08. The first-order valence-corrected chi connectivity index (χ1v) is 9.95. The van der Waals surface area contributed by atoms with Gasteiger partial charge in [-0.2, -0.15) is 5.10 Å². The predicted octanol–water partition coefficient (Wildman–Crippen LogP) is 4.89. The SMILES string of the molecule is O=C(c1cccs1)c1cnn2c(-c3cccc(NCc4ccco4)c3)ccnc12. The van der Waals surface area contributed by atoms with Crippen molar-refractivity contribution in [3.8, 4) is 11.3 Å². The Morgan fingerprint density at radius 3 is 2.93 bits per heavy atom. The number of fused-ring (bicyclic) bond motifs is 1. The molecule has 0 spiro atoms. The van der Waals surface area contributed by atoms with Gasteiger partial charge < -0.3 is 9.73 Å². The van der Waals surface area contributed by atoms with Gasteiger partial charge in [0.2, 0.25) is 5.78 Å². The second-order valence-electron chi connectivity index (χ2n) is 6.44. The Labute approximate surface area is 170 Å². The van der Waals surface area contributed by atoms with E-state index in [1.165, 1.54) is 11.3 Å². The van der Waals surface area contributed by atoms with Gasteiger partial charge in [0.05, 0.1) is 35.1 Å². The molecule has 142 valence electrons. The van der Waals surface area contributed by atoms with Crippen LogP contribution in [-0.2, 0) is 6.54 Å². The lowest BCUT2D eigenvalue weighted by Crippen LogP contribution is -2.01. The van der Waals surface area contributed by atoms with Gasteiger partial charge in [-0.1, -0.05) is 18.2 Å². The minimum absolute atomic E-state index is 0.0616. The first-order chi connectivity index (χ1) is 14.3. The third kappa shape index (κ3) is 3.32. The number of nitrogens with zero attached hydrogens (tertiary/aromatic N) is 3. The van der Waals surface area contributed by atoms with Crippen LogP contribution in [0.5, 0.6) is 0 Å². The van der Waals surface area contributed by atoms with E-state index in [0.717, 1.165) is 22.7 Å². The van der Waals surface area contributed by atoms with E-state index in [9.17, 15) is 4.79 Å². The topological polar surface area (TPSA) is 72.4 Å². The minimum atomic E-state index is -0.0616. The fraction of sp³-hybridized carbons (Fsp3) is 0.0455. The summed E-state index contributed by atoms with van der Waals surface area (Å²) in [5.74, 6) is 0.805. The lowest BCUT2D eigenvalue weighted by molar-refractivity contribution is 0.104. The molecule has 1 aromatic carbocycles. The van der Waals surface area contributed by atoms with Crippen LogP contribution in [0.1, 0.15) is 21.0 Å². The predicted molar refractivity (Wildman–Crippen MR) is 112 cm³/mol. The van der Waals surface area contributed by atoms with Gasteiger partial charge in [0.25, 0.3) is 0 Å². The van der Waals surface area contributed by atoms with E-state index in [0.29, 0.717) is 22.6 Å². The molecule has 0 radical (unpaired) electrons. The van der Waals surface area contributed by atoms with Gasteiger partial charge in [-0.25, -0.2) is 9.50 Å². The zero-order chi connectivity index (χ0) is 19.6. The molecule has 0 aliphatic rings. The summed E-state index contributed by atoms with van der Waals surface area (Å²) in [4.78, 5) is 17.9. The van der Waals surface area contributed by atoms with E-state index < -0.39 is 0 Å².